The zero-order valence-corrected chi connectivity index (χ0v) is 30.3. The molecule has 0 bridgehead atoms. The van der Waals surface area contributed by atoms with Gasteiger partial charge < -0.3 is 25.0 Å². The summed E-state index contributed by atoms with van der Waals surface area (Å²) >= 11 is 11.8. The number of rotatable bonds is 12. The summed E-state index contributed by atoms with van der Waals surface area (Å²) in [5, 5.41) is 31.5. The third-order valence-corrected chi connectivity index (χ3v) is 11.7. The minimum absolute atomic E-state index is 0.0103. The molecule has 0 aliphatic heterocycles. The molecule has 1 aromatic carbocycles. The molecule has 0 amide bonds. The van der Waals surface area contributed by atoms with Gasteiger partial charge >= 0.3 is 5.97 Å². The van der Waals surface area contributed by atoms with Crippen molar-refractivity contribution in [2.45, 2.75) is 96.9 Å². The molecule has 48 heavy (non-hydrogen) atoms. The van der Waals surface area contributed by atoms with Crippen LogP contribution in [0.4, 0.5) is 5.69 Å². The Balaban J connectivity index is 0.00000123. The lowest BCUT2D eigenvalue weighted by Crippen LogP contribution is -2.61. The predicted molar refractivity (Wildman–Crippen MR) is 189 cm³/mol. The largest absolute Gasteiger partial charge is 0.458 e. The maximum atomic E-state index is 13.5. The van der Waals surface area contributed by atoms with Crippen LogP contribution in [-0.4, -0.2) is 82.1 Å². The number of allylic oxidation sites excluding steroid dienone is 4. The molecule has 8 nitrogen and oxygen atoms in total. The maximum Gasteiger partial charge on any atom is 0.306 e. The highest BCUT2D eigenvalue weighted by Gasteiger charge is 2.68. The van der Waals surface area contributed by atoms with Crippen molar-refractivity contribution in [3.63, 3.8) is 0 Å². The van der Waals surface area contributed by atoms with E-state index in [0.29, 0.717) is 44.1 Å². The van der Waals surface area contributed by atoms with Gasteiger partial charge in [-0.15, -0.1) is 23.2 Å². The van der Waals surface area contributed by atoms with Crippen LogP contribution in [0.15, 0.2) is 48.1 Å². The van der Waals surface area contributed by atoms with Gasteiger partial charge in [0.1, 0.15) is 5.60 Å². The molecule has 4 aliphatic carbocycles. The first-order chi connectivity index (χ1) is 22.7. The van der Waals surface area contributed by atoms with E-state index in [4.69, 9.17) is 33.0 Å². The van der Waals surface area contributed by atoms with Gasteiger partial charge in [0, 0.05) is 59.8 Å². The number of aliphatic hydroxyl groups excluding tert-OH is 2. The van der Waals surface area contributed by atoms with Gasteiger partial charge in [-0.3, -0.25) is 14.4 Å². The summed E-state index contributed by atoms with van der Waals surface area (Å²) in [5.74, 6) is 0.166. The Morgan fingerprint density at radius 1 is 1.08 bits per heavy atom. The van der Waals surface area contributed by atoms with Crippen molar-refractivity contribution in [3.8, 4) is 0 Å². The normalized spacial score (nSPS) is 32.0. The molecule has 0 unspecified atom stereocenters. The van der Waals surface area contributed by atoms with Crippen LogP contribution in [0.2, 0.25) is 0 Å². The van der Waals surface area contributed by atoms with Gasteiger partial charge in [-0.2, -0.15) is 0 Å². The van der Waals surface area contributed by atoms with Crippen molar-refractivity contribution in [1.82, 2.24) is 0 Å². The van der Waals surface area contributed by atoms with E-state index in [0.717, 1.165) is 29.7 Å². The number of ether oxygens (including phenoxy) is 1. The number of alkyl halides is 2. The SMILES string of the molecule is CC(C)O.C[C@]12C=CC(=O)C=C1CC[C@@H]1[C@@H]2[C@@H](O)C[C@@]2(C)[C@H]1CC[C@]2(O)C(=O)COC(=O)CCCc1ccc(N(CCCl)CCCl)cc1. The molecule has 0 saturated heterocycles. The first kappa shape index (κ1) is 38.6. The molecule has 1 aromatic rings. The van der Waals surface area contributed by atoms with Crippen LogP contribution >= 0.6 is 23.2 Å². The Hall–Kier alpha value is -2.23. The average Bonchev–Trinajstić information content (AvgIpc) is 3.30. The lowest BCUT2D eigenvalue weighted by Gasteiger charge is -2.59. The van der Waals surface area contributed by atoms with E-state index in [1.54, 1.807) is 26.0 Å². The number of nitrogens with zero attached hydrogens (tertiary/aromatic N) is 1. The Labute approximate surface area is 295 Å². The highest BCUT2D eigenvalue weighted by atomic mass is 35.5. The summed E-state index contributed by atoms with van der Waals surface area (Å²) in [5.41, 5.74) is 0.321. The van der Waals surface area contributed by atoms with Gasteiger partial charge in [0.25, 0.3) is 0 Å². The van der Waals surface area contributed by atoms with E-state index in [2.05, 4.69) is 11.8 Å². The molecule has 0 radical (unpaired) electrons. The lowest BCUT2D eigenvalue weighted by molar-refractivity contribution is -0.181. The molecule has 4 aliphatic rings. The number of aliphatic hydroxyl groups is 3. The molecule has 10 heteroatoms. The molecule has 3 N–H and O–H groups in total. The summed E-state index contributed by atoms with van der Waals surface area (Å²) < 4.78 is 5.39. The number of hydrogen-bond donors (Lipinski definition) is 3. The number of aryl methyl sites for hydroxylation is 1. The molecule has 5 rings (SSSR count). The second-order valence-electron chi connectivity index (χ2n) is 14.7. The molecule has 0 spiro atoms. The predicted octanol–water partition coefficient (Wildman–Crippen LogP) is 5.80. The van der Waals surface area contributed by atoms with E-state index in [-0.39, 0.29) is 48.9 Å². The molecular formula is C38H53Cl2NO7. The Bertz CT molecular complexity index is 1350. The zero-order valence-electron chi connectivity index (χ0n) is 28.8. The molecule has 3 saturated carbocycles. The quantitative estimate of drug-likeness (QED) is 0.184. The fraction of sp³-hybridized carbons (Fsp3) is 0.658. The lowest BCUT2D eigenvalue weighted by atomic mass is 9.46. The Kier molecular flexibility index (Phi) is 13.0. The van der Waals surface area contributed by atoms with Crippen molar-refractivity contribution >= 4 is 46.4 Å². The number of esters is 1. The number of halogens is 2. The van der Waals surface area contributed by atoms with Gasteiger partial charge in [0.05, 0.1) is 6.10 Å². The Morgan fingerprint density at radius 3 is 2.35 bits per heavy atom. The second kappa shape index (κ2) is 16.2. The molecular weight excluding hydrogens is 653 g/mol. The summed E-state index contributed by atoms with van der Waals surface area (Å²) in [6, 6.07) is 8.12. The van der Waals surface area contributed by atoms with Crippen LogP contribution in [0.25, 0.3) is 0 Å². The number of anilines is 1. The van der Waals surface area contributed by atoms with E-state index < -0.39 is 40.9 Å². The van der Waals surface area contributed by atoms with Crippen LogP contribution in [0.5, 0.6) is 0 Å². The number of carbonyl (C=O) groups is 3. The van der Waals surface area contributed by atoms with Gasteiger partial charge in [0.2, 0.25) is 5.78 Å². The molecule has 7 atom stereocenters. The second-order valence-corrected chi connectivity index (χ2v) is 15.4. The zero-order chi connectivity index (χ0) is 35.3. The number of benzene rings is 1. The number of hydrogen-bond acceptors (Lipinski definition) is 8. The van der Waals surface area contributed by atoms with Crippen LogP contribution in [-0.2, 0) is 25.5 Å². The molecule has 0 heterocycles. The summed E-state index contributed by atoms with van der Waals surface area (Å²) in [6.45, 7) is 8.43. The van der Waals surface area contributed by atoms with Crippen LogP contribution in [0, 0.1) is 28.6 Å². The smallest absolute Gasteiger partial charge is 0.306 e. The van der Waals surface area contributed by atoms with E-state index in [1.807, 2.05) is 37.3 Å². The van der Waals surface area contributed by atoms with Gasteiger partial charge in [-0.25, -0.2) is 0 Å². The van der Waals surface area contributed by atoms with E-state index in [9.17, 15) is 24.6 Å². The first-order valence-electron chi connectivity index (χ1n) is 17.4. The van der Waals surface area contributed by atoms with Gasteiger partial charge in [-0.05, 0) is 100 Å². The minimum atomic E-state index is -1.66. The summed E-state index contributed by atoms with van der Waals surface area (Å²) in [4.78, 5) is 40.3. The van der Waals surface area contributed by atoms with Crippen LogP contribution in [0.3, 0.4) is 0 Å². The summed E-state index contributed by atoms with van der Waals surface area (Å²) in [7, 11) is 0. The third kappa shape index (κ3) is 8.04. The number of Topliss-reactive ketones (excluding diaryl/α,β-unsaturated/α-hetero) is 1. The fourth-order valence-electron chi connectivity index (χ4n) is 9.01. The monoisotopic (exact) mass is 705 g/mol. The van der Waals surface area contributed by atoms with Gasteiger partial charge in [0.15, 0.2) is 12.4 Å². The molecule has 3 fully saturated rings. The standard InChI is InChI=1S/C35H45Cl2NO6.C3H8O/c1-33-14-12-26(39)20-24(33)8-11-27-28-13-15-35(43,34(28,2)21-29(40)32(27)33)30(41)22-44-31(42)5-3-4-23-6-9-25(10-7-23)38(18-16-36)19-17-37;1-3(2)4/h6-7,9-10,12,14,20,27-29,32,40,43H,3-5,8,11,13,15-19,21-22H2,1-2H3;3-4H,1-2H3/t27-,28-,29-,32+,33-,34-,35-;/m0./s1. The average molecular weight is 707 g/mol. The van der Waals surface area contributed by atoms with Crippen molar-refractivity contribution in [1.29, 1.82) is 0 Å². The summed E-state index contributed by atoms with van der Waals surface area (Å²) in [6.07, 6.45) is 8.64. The van der Waals surface area contributed by atoms with Crippen molar-refractivity contribution in [2.24, 2.45) is 28.6 Å². The minimum Gasteiger partial charge on any atom is -0.458 e. The number of carbonyl (C=O) groups excluding carboxylic acids is 3. The maximum absolute atomic E-state index is 13.5. The van der Waals surface area contributed by atoms with E-state index >= 15 is 0 Å². The number of fused-ring (bicyclic) bond motifs is 5. The fourth-order valence-corrected chi connectivity index (χ4v) is 9.42. The van der Waals surface area contributed by atoms with Crippen molar-refractivity contribution in [2.75, 3.05) is 36.4 Å². The van der Waals surface area contributed by atoms with Crippen LogP contribution in [0.1, 0.15) is 78.2 Å². The van der Waals surface area contributed by atoms with Gasteiger partial charge in [-0.1, -0.05) is 37.6 Å². The van der Waals surface area contributed by atoms with Crippen LogP contribution < -0.4 is 4.90 Å². The number of ketones is 2. The molecule has 0 aromatic heterocycles. The Morgan fingerprint density at radius 2 is 1.73 bits per heavy atom. The van der Waals surface area contributed by atoms with Crippen molar-refractivity contribution in [3.05, 3.63) is 53.6 Å². The first-order valence-corrected chi connectivity index (χ1v) is 18.4. The molecule has 266 valence electrons. The highest BCUT2D eigenvalue weighted by molar-refractivity contribution is 6.18. The highest BCUT2D eigenvalue weighted by Crippen LogP contribution is 2.67. The topological polar surface area (TPSA) is 124 Å². The third-order valence-electron chi connectivity index (χ3n) is 11.3. The van der Waals surface area contributed by atoms with E-state index in [1.165, 1.54) is 0 Å². The van der Waals surface area contributed by atoms with Crippen molar-refractivity contribution < 1.29 is 34.4 Å².